The van der Waals surface area contributed by atoms with E-state index >= 15 is 0 Å². The largest absolute Gasteiger partial charge is 0.376 e. The highest BCUT2D eigenvalue weighted by Crippen LogP contribution is 2.14. The van der Waals surface area contributed by atoms with Crippen LogP contribution < -0.4 is 0 Å². The molecular weight excluding hydrogens is 202 g/mol. The molecule has 0 bridgehead atoms. The molecule has 1 aliphatic rings. The van der Waals surface area contributed by atoms with Gasteiger partial charge in [0.2, 0.25) is 0 Å². The lowest BCUT2D eigenvalue weighted by molar-refractivity contribution is 0.0105. The number of nitriles is 1. The zero-order valence-electron chi connectivity index (χ0n) is 9.19. The quantitative estimate of drug-likeness (QED) is 0.776. The van der Waals surface area contributed by atoms with Crippen molar-refractivity contribution in [3.63, 3.8) is 0 Å². The van der Waals surface area contributed by atoms with Crippen molar-refractivity contribution in [1.82, 2.24) is 0 Å². The van der Waals surface area contributed by atoms with E-state index in [0.29, 0.717) is 18.8 Å². The van der Waals surface area contributed by atoms with E-state index in [1.807, 2.05) is 24.3 Å². The Morgan fingerprint density at radius 2 is 2.31 bits per heavy atom. The SMILES string of the molecule is N#Cc1ccccc1COCC1CCCO1. The van der Waals surface area contributed by atoms with Crippen LogP contribution in [0.4, 0.5) is 0 Å². The molecule has 1 saturated heterocycles. The lowest BCUT2D eigenvalue weighted by Gasteiger charge is -2.10. The molecule has 3 nitrogen and oxygen atoms in total. The summed E-state index contributed by atoms with van der Waals surface area (Å²) in [5.41, 5.74) is 1.64. The van der Waals surface area contributed by atoms with E-state index in [1.165, 1.54) is 0 Å². The lowest BCUT2D eigenvalue weighted by Crippen LogP contribution is -2.14. The second-order valence-corrected chi connectivity index (χ2v) is 3.92. The van der Waals surface area contributed by atoms with Gasteiger partial charge in [-0.05, 0) is 24.5 Å². The van der Waals surface area contributed by atoms with Crippen molar-refractivity contribution in [1.29, 1.82) is 5.26 Å². The summed E-state index contributed by atoms with van der Waals surface area (Å²) < 4.78 is 11.0. The van der Waals surface area contributed by atoms with E-state index in [1.54, 1.807) is 0 Å². The minimum absolute atomic E-state index is 0.245. The van der Waals surface area contributed by atoms with Crippen molar-refractivity contribution >= 4 is 0 Å². The summed E-state index contributed by atoms with van der Waals surface area (Å²) in [5, 5.41) is 8.90. The summed E-state index contributed by atoms with van der Waals surface area (Å²) in [6, 6.07) is 9.68. The predicted molar refractivity (Wildman–Crippen MR) is 59.8 cm³/mol. The van der Waals surface area contributed by atoms with Gasteiger partial charge in [-0.2, -0.15) is 5.26 Å². The number of hydrogen-bond donors (Lipinski definition) is 0. The summed E-state index contributed by atoms with van der Waals surface area (Å²) >= 11 is 0. The highest BCUT2D eigenvalue weighted by atomic mass is 16.5. The van der Waals surface area contributed by atoms with E-state index in [4.69, 9.17) is 14.7 Å². The molecule has 0 saturated carbocycles. The van der Waals surface area contributed by atoms with Gasteiger partial charge in [0.15, 0.2) is 0 Å². The Morgan fingerprint density at radius 1 is 1.44 bits per heavy atom. The van der Waals surface area contributed by atoms with Gasteiger partial charge in [-0.1, -0.05) is 18.2 Å². The number of ether oxygens (including phenoxy) is 2. The molecule has 0 aliphatic carbocycles. The van der Waals surface area contributed by atoms with Crippen molar-refractivity contribution in [3.8, 4) is 6.07 Å². The molecule has 2 rings (SSSR count). The topological polar surface area (TPSA) is 42.2 Å². The van der Waals surface area contributed by atoms with Crippen LogP contribution in [-0.2, 0) is 16.1 Å². The third kappa shape index (κ3) is 2.82. The molecule has 84 valence electrons. The summed E-state index contributed by atoms with van der Waals surface area (Å²) in [7, 11) is 0. The molecule has 16 heavy (non-hydrogen) atoms. The Kier molecular flexibility index (Phi) is 3.92. The van der Waals surface area contributed by atoms with Gasteiger partial charge in [-0.15, -0.1) is 0 Å². The second-order valence-electron chi connectivity index (χ2n) is 3.92. The Bertz CT molecular complexity index is 378. The monoisotopic (exact) mass is 217 g/mol. The number of hydrogen-bond acceptors (Lipinski definition) is 3. The molecule has 0 aromatic heterocycles. The lowest BCUT2D eigenvalue weighted by atomic mass is 10.1. The van der Waals surface area contributed by atoms with Crippen LogP contribution in [0.25, 0.3) is 0 Å². The first kappa shape index (κ1) is 11.1. The van der Waals surface area contributed by atoms with Gasteiger partial charge in [-0.3, -0.25) is 0 Å². The average molecular weight is 217 g/mol. The van der Waals surface area contributed by atoms with Gasteiger partial charge in [0.25, 0.3) is 0 Å². The normalized spacial score (nSPS) is 19.6. The fourth-order valence-corrected chi connectivity index (χ4v) is 1.83. The fourth-order valence-electron chi connectivity index (χ4n) is 1.83. The van der Waals surface area contributed by atoms with E-state index in [0.717, 1.165) is 25.0 Å². The smallest absolute Gasteiger partial charge is 0.0995 e. The molecule has 1 aromatic carbocycles. The summed E-state index contributed by atoms with van der Waals surface area (Å²) in [6.07, 6.45) is 2.46. The van der Waals surface area contributed by atoms with Crippen LogP contribution in [0, 0.1) is 11.3 Å². The highest BCUT2D eigenvalue weighted by molar-refractivity contribution is 5.36. The molecule has 1 aliphatic heterocycles. The predicted octanol–water partition coefficient (Wildman–Crippen LogP) is 2.25. The maximum atomic E-state index is 8.90. The van der Waals surface area contributed by atoms with E-state index in [-0.39, 0.29) is 6.10 Å². The molecule has 1 aromatic rings. The molecule has 0 radical (unpaired) electrons. The van der Waals surface area contributed by atoms with Gasteiger partial charge in [0, 0.05) is 6.61 Å². The molecule has 0 amide bonds. The zero-order valence-corrected chi connectivity index (χ0v) is 9.19. The van der Waals surface area contributed by atoms with E-state index < -0.39 is 0 Å². The average Bonchev–Trinajstić information content (AvgIpc) is 2.83. The molecule has 1 heterocycles. The van der Waals surface area contributed by atoms with Gasteiger partial charge >= 0.3 is 0 Å². The molecule has 0 N–H and O–H groups in total. The van der Waals surface area contributed by atoms with Crippen molar-refractivity contribution < 1.29 is 9.47 Å². The summed E-state index contributed by atoms with van der Waals surface area (Å²) in [5.74, 6) is 0. The van der Waals surface area contributed by atoms with E-state index in [2.05, 4.69) is 6.07 Å². The maximum absolute atomic E-state index is 8.90. The van der Waals surface area contributed by atoms with Crippen LogP contribution in [0.3, 0.4) is 0 Å². The third-order valence-corrected chi connectivity index (χ3v) is 2.72. The fraction of sp³-hybridized carbons (Fsp3) is 0.462. The molecule has 1 atom stereocenters. The third-order valence-electron chi connectivity index (χ3n) is 2.72. The molecule has 1 fully saturated rings. The van der Waals surface area contributed by atoms with Crippen LogP contribution in [0.1, 0.15) is 24.0 Å². The first-order valence-corrected chi connectivity index (χ1v) is 5.57. The van der Waals surface area contributed by atoms with Gasteiger partial charge < -0.3 is 9.47 Å². The van der Waals surface area contributed by atoms with Crippen LogP contribution in [0.2, 0.25) is 0 Å². The molecule has 3 heteroatoms. The van der Waals surface area contributed by atoms with Crippen LogP contribution >= 0.6 is 0 Å². The Balaban J connectivity index is 1.82. The Labute approximate surface area is 95.6 Å². The van der Waals surface area contributed by atoms with Crippen LogP contribution in [0.5, 0.6) is 0 Å². The van der Waals surface area contributed by atoms with Crippen LogP contribution in [-0.4, -0.2) is 19.3 Å². The Hall–Kier alpha value is -1.37. The van der Waals surface area contributed by atoms with Gasteiger partial charge in [0.1, 0.15) is 0 Å². The highest BCUT2D eigenvalue weighted by Gasteiger charge is 2.15. The number of rotatable bonds is 4. The van der Waals surface area contributed by atoms with Crippen molar-refractivity contribution in [2.45, 2.75) is 25.6 Å². The van der Waals surface area contributed by atoms with E-state index in [9.17, 15) is 0 Å². The minimum atomic E-state index is 0.245. The molecular formula is C13H15NO2. The van der Waals surface area contributed by atoms with Gasteiger partial charge in [0.05, 0.1) is 31.0 Å². The summed E-state index contributed by atoms with van der Waals surface area (Å²) in [6.45, 7) is 1.96. The summed E-state index contributed by atoms with van der Waals surface area (Å²) in [4.78, 5) is 0. The first-order chi connectivity index (χ1) is 7.90. The molecule has 1 unspecified atom stereocenters. The van der Waals surface area contributed by atoms with Crippen molar-refractivity contribution in [2.75, 3.05) is 13.2 Å². The zero-order chi connectivity index (χ0) is 11.2. The number of benzene rings is 1. The minimum Gasteiger partial charge on any atom is -0.376 e. The van der Waals surface area contributed by atoms with Crippen molar-refractivity contribution in [3.05, 3.63) is 35.4 Å². The number of nitrogens with zero attached hydrogens (tertiary/aromatic N) is 1. The Morgan fingerprint density at radius 3 is 3.06 bits per heavy atom. The van der Waals surface area contributed by atoms with Gasteiger partial charge in [-0.25, -0.2) is 0 Å². The second kappa shape index (κ2) is 5.64. The standard InChI is InChI=1S/C13H15NO2/c14-8-11-4-1-2-5-12(11)9-15-10-13-6-3-7-16-13/h1-2,4-5,13H,3,6-7,9-10H2. The maximum Gasteiger partial charge on any atom is 0.0995 e. The van der Waals surface area contributed by atoms with Crippen molar-refractivity contribution in [2.24, 2.45) is 0 Å². The first-order valence-electron chi connectivity index (χ1n) is 5.57. The van der Waals surface area contributed by atoms with Crippen LogP contribution in [0.15, 0.2) is 24.3 Å². The molecule has 0 spiro atoms.